The smallest absolute Gasteiger partial charge is 0.232 e. The lowest BCUT2D eigenvalue weighted by molar-refractivity contribution is 0.395. The maximum Gasteiger partial charge on any atom is 0.232 e. The van der Waals surface area contributed by atoms with E-state index in [0.717, 1.165) is 48.0 Å². The number of benzene rings is 1. The van der Waals surface area contributed by atoms with Crippen molar-refractivity contribution in [2.24, 2.45) is 11.8 Å². The number of methoxy groups -OCH3 is 2. The van der Waals surface area contributed by atoms with E-state index in [-0.39, 0.29) is 0 Å². The number of aromatic nitrogens is 3. The largest absolute Gasteiger partial charge is 0.497 e. The lowest BCUT2D eigenvalue weighted by Gasteiger charge is -2.32. The first-order valence-electron chi connectivity index (χ1n) is 10.6. The van der Waals surface area contributed by atoms with Gasteiger partial charge in [0.25, 0.3) is 0 Å². The molecule has 2 saturated carbocycles. The lowest BCUT2D eigenvalue weighted by Crippen LogP contribution is -2.40. The first-order valence-corrected chi connectivity index (χ1v) is 10.6. The molecule has 0 unspecified atom stereocenters. The van der Waals surface area contributed by atoms with Crippen LogP contribution in [0.25, 0.3) is 0 Å². The van der Waals surface area contributed by atoms with E-state index in [1.807, 2.05) is 25.1 Å². The zero-order chi connectivity index (χ0) is 20.4. The molecule has 0 radical (unpaired) electrons. The van der Waals surface area contributed by atoms with Crippen LogP contribution in [0.5, 0.6) is 11.5 Å². The van der Waals surface area contributed by atoms with Crippen molar-refractivity contribution in [2.45, 2.75) is 52.0 Å². The van der Waals surface area contributed by atoms with Gasteiger partial charge in [0.15, 0.2) is 0 Å². The minimum Gasteiger partial charge on any atom is -0.497 e. The first kappa shape index (κ1) is 19.7. The van der Waals surface area contributed by atoms with Gasteiger partial charge in [0, 0.05) is 18.7 Å². The zero-order valence-electron chi connectivity index (χ0n) is 17.8. The molecule has 2 aromatic rings. The van der Waals surface area contributed by atoms with Gasteiger partial charge in [0.2, 0.25) is 11.9 Å². The highest BCUT2D eigenvalue weighted by atomic mass is 16.5. The molecule has 156 valence electrons. The van der Waals surface area contributed by atoms with Crippen molar-refractivity contribution in [1.29, 1.82) is 0 Å². The van der Waals surface area contributed by atoms with Crippen LogP contribution in [0, 0.1) is 18.8 Å². The highest BCUT2D eigenvalue weighted by molar-refractivity contribution is 5.64. The second kappa shape index (κ2) is 8.43. The Morgan fingerprint density at radius 3 is 2.38 bits per heavy atom. The summed E-state index contributed by atoms with van der Waals surface area (Å²) in [5, 5.41) is 3.31. The summed E-state index contributed by atoms with van der Waals surface area (Å²) in [6.45, 7) is 5.13. The van der Waals surface area contributed by atoms with Gasteiger partial charge in [-0.3, -0.25) is 0 Å². The van der Waals surface area contributed by atoms with Gasteiger partial charge in [-0.05, 0) is 63.0 Å². The van der Waals surface area contributed by atoms with Crippen molar-refractivity contribution in [3.63, 3.8) is 0 Å². The van der Waals surface area contributed by atoms with Crippen molar-refractivity contribution >= 4 is 17.6 Å². The molecular weight excluding hydrogens is 366 g/mol. The number of anilines is 3. The van der Waals surface area contributed by atoms with Crippen molar-refractivity contribution in [2.75, 3.05) is 31.0 Å². The number of hydrogen-bond acceptors (Lipinski definition) is 7. The molecule has 4 rings (SSSR count). The second-order valence-corrected chi connectivity index (χ2v) is 8.06. The van der Waals surface area contributed by atoms with Crippen LogP contribution in [0.2, 0.25) is 0 Å². The summed E-state index contributed by atoms with van der Waals surface area (Å²) in [4.78, 5) is 16.5. The zero-order valence-corrected chi connectivity index (χ0v) is 17.8. The van der Waals surface area contributed by atoms with E-state index in [4.69, 9.17) is 19.4 Å². The molecule has 7 heteroatoms. The van der Waals surface area contributed by atoms with Crippen LogP contribution in [0.3, 0.4) is 0 Å². The molecule has 1 aromatic carbocycles. The molecule has 0 amide bonds. The Bertz CT molecular complexity index is 839. The van der Waals surface area contributed by atoms with E-state index in [9.17, 15) is 0 Å². The molecule has 0 atom stereocenters. The summed E-state index contributed by atoms with van der Waals surface area (Å²) in [7, 11) is 3.28. The minimum absolute atomic E-state index is 0.544. The Hall–Kier alpha value is -2.57. The van der Waals surface area contributed by atoms with E-state index in [1.54, 1.807) is 14.2 Å². The normalized spacial score (nSPS) is 16.0. The number of aryl methyl sites for hydroxylation is 1. The molecule has 2 fully saturated rings. The fourth-order valence-corrected chi connectivity index (χ4v) is 4.07. The van der Waals surface area contributed by atoms with Crippen LogP contribution in [-0.2, 0) is 0 Å². The Morgan fingerprint density at radius 1 is 1.07 bits per heavy atom. The maximum absolute atomic E-state index is 5.50. The minimum atomic E-state index is 0.544. The fourth-order valence-electron chi connectivity index (χ4n) is 4.07. The molecule has 2 aliphatic rings. The molecule has 0 bridgehead atoms. The topological polar surface area (TPSA) is 72.4 Å². The molecule has 1 aromatic heterocycles. The molecule has 1 N–H and O–H groups in total. The van der Waals surface area contributed by atoms with Gasteiger partial charge in [-0.2, -0.15) is 15.0 Å². The summed E-state index contributed by atoms with van der Waals surface area (Å²) >= 11 is 0. The van der Waals surface area contributed by atoms with Gasteiger partial charge >= 0.3 is 0 Å². The third-order valence-electron chi connectivity index (χ3n) is 5.68. The van der Waals surface area contributed by atoms with E-state index in [2.05, 4.69) is 22.1 Å². The van der Waals surface area contributed by atoms with Gasteiger partial charge < -0.3 is 19.7 Å². The monoisotopic (exact) mass is 397 g/mol. The highest BCUT2D eigenvalue weighted by Gasteiger charge is 2.45. The van der Waals surface area contributed by atoms with Crippen LogP contribution in [0.15, 0.2) is 18.2 Å². The highest BCUT2D eigenvalue weighted by Crippen LogP contribution is 2.48. The number of nitrogens with one attached hydrogen (secondary N) is 1. The number of nitrogens with zero attached hydrogens (tertiary/aromatic N) is 4. The number of rotatable bonds is 10. The Kier molecular flexibility index (Phi) is 5.74. The van der Waals surface area contributed by atoms with Gasteiger partial charge in [-0.15, -0.1) is 0 Å². The molecule has 7 nitrogen and oxygen atoms in total. The van der Waals surface area contributed by atoms with Crippen molar-refractivity contribution < 1.29 is 9.47 Å². The van der Waals surface area contributed by atoms with Gasteiger partial charge in [-0.25, -0.2) is 0 Å². The summed E-state index contributed by atoms with van der Waals surface area (Å²) < 4.78 is 10.8. The Balaban J connectivity index is 1.63. The van der Waals surface area contributed by atoms with Crippen LogP contribution in [0.1, 0.15) is 44.9 Å². The summed E-state index contributed by atoms with van der Waals surface area (Å²) in [6, 6.07) is 6.22. The van der Waals surface area contributed by atoms with Crippen LogP contribution < -0.4 is 19.7 Å². The van der Waals surface area contributed by atoms with Crippen LogP contribution >= 0.6 is 0 Å². The van der Waals surface area contributed by atoms with Gasteiger partial charge in [0.05, 0.1) is 19.9 Å². The standard InChI is InChI=1S/C22H31N5O2/c1-5-12-27(20(15-6-7-15)16-8-9-16)22-24-14(2)23-21(26-22)25-18-11-10-17(28-3)13-19(18)29-4/h10-11,13,15-16,20H,5-9,12H2,1-4H3,(H,23,24,25,26). The van der Waals surface area contributed by atoms with Crippen LogP contribution in [-0.4, -0.2) is 41.8 Å². The van der Waals surface area contributed by atoms with Crippen molar-refractivity contribution in [3.8, 4) is 11.5 Å². The lowest BCUT2D eigenvalue weighted by atomic mass is 10.1. The van der Waals surface area contributed by atoms with E-state index in [0.29, 0.717) is 17.7 Å². The fraction of sp³-hybridized carbons (Fsp3) is 0.591. The molecule has 0 spiro atoms. The van der Waals surface area contributed by atoms with Crippen LogP contribution in [0.4, 0.5) is 17.6 Å². The van der Waals surface area contributed by atoms with E-state index in [1.165, 1.54) is 25.7 Å². The maximum atomic E-state index is 5.50. The predicted octanol–water partition coefficient (Wildman–Crippen LogP) is 4.35. The molecule has 29 heavy (non-hydrogen) atoms. The Labute approximate surface area is 172 Å². The first-order chi connectivity index (χ1) is 14.1. The molecule has 0 aliphatic heterocycles. The number of hydrogen-bond donors (Lipinski definition) is 1. The van der Waals surface area contributed by atoms with E-state index < -0.39 is 0 Å². The molecule has 1 heterocycles. The quantitative estimate of drug-likeness (QED) is 0.639. The molecule has 2 aliphatic carbocycles. The number of ether oxygens (including phenoxy) is 2. The molecular formula is C22H31N5O2. The van der Waals surface area contributed by atoms with Gasteiger partial charge in [-0.1, -0.05) is 6.92 Å². The van der Waals surface area contributed by atoms with Gasteiger partial charge in [0.1, 0.15) is 17.3 Å². The summed E-state index contributed by atoms with van der Waals surface area (Å²) in [6.07, 6.45) is 6.41. The molecule has 0 saturated heterocycles. The summed E-state index contributed by atoms with van der Waals surface area (Å²) in [5.41, 5.74) is 0.799. The average molecular weight is 398 g/mol. The summed E-state index contributed by atoms with van der Waals surface area (Å²) in [5.74, 6) is 5.07. The average Bonchev–Trinajstić information content (AvgIpc) is 3.62. The van der Waals surface area contributed by atoms with Crippen molar-refractivity contribution in [1.82, 2.24) is 15.0 Å². The Morgan fingerprint density at radius 2 is 1.79 bits per heavy atom. The SMILES string of the molecule is CCCN(c1nc(C)nc(Nc2ccc(OC)cc2OC)n1)C(C1CC1)C1CC1. The third kappa shape index (κ3) is 4.54. The predicted molar refractivity (Wildman–Crippen MR) is 114 cm³/mol. The van der Waals surface area contributed by atoms with E-state index >= 15 is 0 Å². The van der Waals surface area contributed by atoms with Crippen molar-refractivity contribution in [3.05, 3.63) is 24.0 Å². The third-order valence-corrected chi connectivity index (χ3v) is 5.68. The second-order valence-electron chi connectivity index (χ2n) is 8.06.